The monoisotopic (exact) mass is 355 g/mol. The molecule has 2 heterocycles. The third kappa shape index (κ3) is 4.52. The van der Waals surface area contributed by atoms with E-state index in [0.29, 0.717) is 24.2 Å². The number of ether oxygens (including phenoxy) is 1. The van der Waals surface area contributed by atoms with Gasteiger partial charge in [-0.2, -0.15) is 0 Å². The lowest BCUT2D eigenvalue weighted by Crippen LogP contribution is -2.30. The molecule has 0 spiro atoms. The van der Waals surface area contributed by atoms with Crippen molar-refractivity contribution in [1.29, 1.82) is 0 Å². The standard InChI is InChI=1S/C21H29N3O2/c1-14(2)12-22-21(25)20-7-5-16-11-17(6-8-19(16)23-20)26-18-9-10-24(13-18)15(3)4/h5-8,11,14-15,18H,9-10,12-13H2,1-4H3,(H,22,25). The van der Waals surface area contributed by atoms with Crippen molar-refractivity contribution in [3.05, 3.63) is 36.0 Å². The van der Waals surface area contributed by atoms with Gasteiger partial charge in [-0.3, -0.25) is 9.69 Å². The van der Waals surface area contributed by atoms with E-state index in [4.69, 9.17) is 4.74 Å². The van der Waals surface area contributed by atoms with Gasteiger partial charge in [-0.1, -0.05) is 19.9 Å². The first-order valence-electron chi connectivity index (χ1n) is 9.52. The zero-order chi connectivity index (χ0) is 18.7. The van der Waals surface area contributed by atoms with E-state index in [1.54, 1.807) is 6.07 Å². The third-order valence-electron chi connectivity index (χ3n) is 4.77. The second-order valence-corrected chi connectivity index (χ2v) is 7.77. The zero-order valence-corrected chi connectivity index (χ0v) is 16.2. The van der Waals surface area contributed by atoms with Crippen molar-refractivity contribution < 1.29 is 9.53 Å². The number of pyridine rings is 1. The number of nitrogens with zero attached hydrogens (tertiary/aromatic N) is 2. The number of likely N-dealkylation sites (tertiary alicyclic amines) is 1. The summed E-state index contributed by atoms with van der Waals surface area (Å²) in [7, 11) is 0. The highest BCUT2D eigenvalue weighted by molar-refractivity contribution is 5.95. The molecule has 1 aliphatic heterocycles. The molecule has 1 atom stereocenters. The summed E-state index contributed by atoms with van der Waals surface area (Å²) in [6.45, 7) is 11.3. The summed E-state index contributed by atoms with van der Waals surface area (Å²) in [4.78, 5) is 19.1. The third-order valence-corrected chi connectivity index (χ3v) is 4.77. The van der Waals surface area contributed by atoms with E-state index in [0.717, 1.165) is 36.2 Å². The smallest absolute Gasteiger partial charge is 0.269 e. The Kier molecular flexibility index (Phi) is 5.77. The Morgan fingerprint density at radius 1 is 1.27 bits per heavy atom. The average Bonchev–Trinajstić information content (AvgIpc) is 3.08. The molecule has 1 unspecified atom stereocenters. The fourth-order valence-corrected chi connectivity index (χ4v) is 3.20. The van der Waals surface area contributed by atoms with Gasteiger partial charge in [0.05, 0.1) is 5.52 Å². The Morgan fingerprint density at radius 3 is 2.77 bits per heavy atom. The Morgan fingerprint density at radius 2 is 2.08 bits per heavy atom. The number of nitrogens with one attached hydrogen (secondary N) is 1. The largest absolute Gasteiger partial charge is 0.489 e. The van der Waals surface area contributed by atoms with Crippen LogP contribution >= 0.6 is 0 Å². The molecule has 0 aliphatic carbocycles. The van der Waals surface area contributed by atoms with Crippen LogP contribution in [0.3, 0.4) is 0 Å². The van der Waals surface area contributed by atoms with Crippen LogP contribution in [0.1, 0.15) is 44.6 Å². The highest BCUT2D eigenvalue weighted by Crippen LogP contribution is 2.24. The van der Waals surface area contributed by atoms with E-state index >= 15 is 0 Å². The molecule has 0 bridgehead atoms. The van der Waals surface area contributed by atoms with Gasteiger partial charge in [0, 0.05) is 31.1 Å². The van der Waals surface area contributed by atoms with Crippen LogP contribution in [0.5, 0.6) is 5.75 Å². The molecule has 3 rings (SSSR count). The minimum atomic E-state index is -0.124. The first-order valence-corrected chi connectivity index (χ1v) is 9.52. The molecule has 1 saturated heterocycles. The lowest BCUT2D eigenvalue weighted by molar-refractivity contribution is 0.0944. The van der Waals surface area contributed by atoms with Crippen LogP contribution < -0.4 is 10.1 Å². The van der Waals surface area contributed by atoms with Crippen LogP contribution in [0.2, 0.25) is 0 Å². The molecule has 1 fully saturated rings. The number of amides is 1. The predicted molar refractivity (Wildman–Crippen MR) is 105 cm³/mol. The summed E-state index contributed by atoms with van der Waals surface area (Å²) < 4.78 is 6.16. The van der Waals surface area contributed by atoms with E-state index in [1.807, 2.05) is 24.3 Å². The molecule has 1 amide bonds. The van der Waals surface area contributed by atoms with Crippen LogP contribution in [0.15, 0.2) is 30.3 Å². The highest BCUT2D eigenvalue weighted by atomic mass is 16.5. The number of carbonyl (C=O) groups excluding carboxylic acids is 1. The number of hydrogen-bond acceptors (Lipinski definition) is 4. The first-order chi connectivity index (χ1) is 12.4. The second kappa shape index (κ2) is 8.04. The minimum absolute atomic E-state index is 0.124. The number of hydrogen-bond donors (Lipinski definition) is 1. The summed E-state index contributed by atoms with van der Waals surface area (Å²) in [6.07, 6.45) is 1.30. The molecule has 0 radical (unpaired) electrons. The normalized spacial score (nSPS) is 18.0. The summed E-state index contributed by atoms with van der Waals surface area (Å²) in [5, 5.41) is 3.89. The molecule has 1 aromatic carbocycles. The molecule has 2 aromatic rings. The van der Waals surface area contributed by atoms with E-state index in [9.17, 15) is 4.79 Å². The van der Waals surface area contributed by atoms with Gasteiger partial charge in [0.2, 0.25) is 0 Å². The molecule has 1 N–H and O–H groups in total. The minimum Gasteiger partial charge on any atom is -0.489 e. The fourth-order valence-electron chi connectivity index (χ4n) is 3.20. The topological polar surface area (TPSA) is 54.5 Å². The lowest BCUT2D eigenvalue weighted by Gasteiger charge is -2.20. The Balaban J connectivity index is 1.68. The molecule has 5 nitrogen and oxygen atoms in total. The van der Waals surface area contributed by atoms with E-state index in [-0.39, 0.29) is 12.0 Å². The first kappa shape index (κ1) is 18.6. The lowest BCUT2D eigenvalue weighted by atomic mass is 10.1. The quantitative estimate of drug-likeness (QED) is 0.862. The van der Waals surface area contributed by atoms with Gasteiger partial charge in [0.1, 0.15) is 17.5 Å². The van der Waals surface area contributed by atoms with Crippen molar-refractivity contribution in [2.45, 2.75) is 46.3 Å². The zero-order valence-electron chi connectivity index (χ0n) is 16.2. The van der Waals surface area contributed by atoms with Crippen molar-refractivity contribution in [1.82, 2.24) is 15.2 Å². The van der Waals surface area contributed by atoms with Crippen molar-refractivity contribution in [2.75, 3.05) is 19.6 Å². The van der Waals surface area contributed by atoms with Gasteiger partial charge < -0.3 is 10.1 Å². The van der Waals surface area contributed by atoms with Crippen LogP contribution in [0.4, 0.5) is 0 Å². The number of benzene rings is 1. The number of aromatic nitrogens is 1. The number of carbonyl (C=O) groups is 1. The van der Waals surface area contributed by atoms with Gasteiger partial charge in [-0.15, -0.1) is 0 Å². The molecule has 140 valence electrons. The summed E-state index contributed by atoms with van der Waals surface area (Å²) >= 11 is 0. The number of fused-ring (bicyclic) bond motifs is 1. The van der Waals surface area contributed by atoms with Gasteiger partial charge in [0.25, 0.3) is 5.91 Å². The van der Waals surface area contributed by atoms with Gasteiger partial charge in [-0.25, -0.2) is 4.98 Å². The van der Waals surface area contributed by atoms with Crippen LogP contribution in [-0.4, -0.2) is 47.6 Å². The molecule has 1 aliphatic rings. The maximum Gasteiger partial charge on any atom is 0.269 e. The Bertz CT molecular complexity index is 773. The maximum absolute atomic E-state index is 12.2. The second-order valence-electron chi connectivity index (χ2n) is 7.77. The molecule has 5 heteroatoms. The van der Waals surface area contributed by atoms with Crippen LogP contribution in [0.25, 0.3) is 10.9 Å². The van der Waals surface area contributed by atoms with Crippen molar-refractivity contribution in [2.24, 2.45) is 5.92 Å². The van der Waals surface area contributed by atoms with E-state index in [2.05, 4.69) is 42.9 Å². The summed E-state index contributed by atoms with van der Waals surface area (Å²) in [6, 6.07) is 10.2. The van der Waals surface area contributed by atoms with Gasteiger partial charge >= 0.3 is 0 Å². The molecular weight excluding hydrogens is 326 g/mol. The molecule has 1 aromatic heterocycles. The van der Waals surface area contributed by atoms with Crippen molar-refractivity contribution in [3.63, 3.8) is 0 Å². The molecular formula is C21H29N3O2. The fraction of sp³-hybridized carbons (Fsp3) is 0.524. The SMILES string of the molecule is CC(C)CNC(=O)c1ccc2cc(OC3CCN(C(C)C)C3)ccc2n1. The Labute approximate surface area is 155 Å². The van der Waals surface area contributed by atoms with Gasteiger partial charge in [0.15, 0.2) is 0 Å². The molecule has 0 saturated carbocycles. The number of rotatable bonds is 6. The van der Waals surface area contributed by atoms with E-state index in [1.165, 1.54) is 0 Å². The van der Waals surface area contributed by atoms with E-state index < -0.39 is 0 Å². The molecule has 26 heavy (non-hydrogen) atoms. The summed E-state index contributed by atoms with van der Waals surface area (Å²) in [5.41, 5.74) is 1.26. The predicted octanol–water partition coefficient (Wildman–Crippen LogP) is 3.48. The van der Waals surface area contributed by atoms with Crippen LogP contribution in [0, 0.1) is 5.92 Å². The summed E-state index contributed by atoms with van der Waals surface area (Å²) in [5.74, 6) is 1.16. The maximum atomic E-state index is 12.2. The highest BCUT2D eigenvalue weighted by Gasteiger charge is 2.25. The Hall–Kier alpha value is -2.14. The van der Waals surface area contributed by atoms with Crippen molar-refractivity contribution >= 4 is 16.8 Å². The van der Waals surface area contributed by atoms with Gasteiger partial charge in [-0.05, 0) is 50.5 Å². The van der Waals surface area contributed by atoms with Crippen LogP contribution in [-0.2, 0) is 0 Å². The van der Waals surface area contributed by atoms with Crippen molar-refractivity contribution in [3.8, 4) is 5.75 Å². The average molecular weight is 355 g/mol.